The molecule has 0 saturated carbocycles. The molecule has 0 saturated heterocycles. The van der Waals surface area contributed by atoms with Crippen molar-refractivity contribution in [3.05, 3.63) is 92.3 Å². The van der Waals surface area contributed by atoms with Crippen molar-refractivity contribution in [2.24, 2.45) is 0 Å². The molecule has 27 heavy (non-hydrogen) atoms. The molecule has 0 radical (unpaired) electrons. The van der Waals surface area contributed by atoms with Crippen LogP contribution in [0.5, 0.6) is 0 Å². The summed E-state index contributed by atoms with van der Waals surface area (Å²) in [6.45, 7) is 0. The van der Waals surface area contributed by atoms with E-state index < -0.39 is 0 Å². The number of rotatable bonds is 13. The summed E-state index contributed by atoms with van der Waals surface area (Å²) in [5.41, 5.74) is 2.72. The highest BCUT2D eigenvalue weighted by molar-refractivity contribution is 8.22. The minimum Gasteiger partial charge on any atom is -0.259 e. The van der Waals surface area contributed by atoms with E-state index in [0.29, 0.717) is 0 Å². The van der Waals surface area contributed by atoms with E-state index in [1.807, 2.05) is 12.1 Å². The third kappa shape index (κ3) is 10.3. The molecule has 5 heteroatoms. The van der Waals surface area contributed by atoms with Crippen molar-refractivity contribution in [3.8, 4) is 0 Å². The Balaban J connectivity index is 1.60. The highest BCUT2D eigenvalue weighted by atomic mass is 32.2. The van der Waals surface area contributed by atoms with Gasteiger partial charge < -0.3 is 0 Å². The lowest BCUT2D eigenvalue weighted by Gasteiger charge is -2.06. The minimum atomic E-state index is -0.330. The average Bonchev–Trinajstić information content (AvgIpc) is 2.68. The third-order valence-electron chi connectivity index (χ3n) is 4.10. The van der Waals surface area contributed by atoms with E-state index in [4.69, 9.17) is 0 Å². The number of thioether (sulfide) groups is 2. The van der Waals surface area contributed by atoms with Gasteiger partial charge in [-0.15, -0.1) is 23.5 Å². The first-order valence-corrected chi connectivity index (χ1v) is 11.4. The van der Waals surface area contributed by atoms with Crippen LogP contribution in [0.4, 0.5) is 0 Å². The molecule has 0 fully saturated rings. The molecule has 0 bridgehead atoms. The zero-order valence-corrected chi connectivity index (χ0v) is 17.2. The number of unbranched alkanes of at least 4 members (excludes halogenated alkanes) is 2. The molecule has 0 heterocycles. The molecular weight excluding hydrogens is 374 g/mol. The lowest BCUT2D eigenvalue weighted by Crippen LogP contribution is -1.91. The molecule has 0 aromatic heterocycles. The topological polar surface area (TPSA) is 43.1 Å². The highest BCUT2D eigenvalue weighted by Gasteiger charge is 2.06. The molecule has 0 aliphatic heterocycles. The third-order valence-corrected chi connectivity index (χ3v) is 6.58. The fraction of sp³-hybridized carbons (Fsp3) is 0.364. The van der Waals surface area contributed by atoms with Crippen LogP contribution in [0.3, 0.4) is 0 Å². The monoisotopic (exact) mass is 401 g/mol. The van der Waals surface area contributed by atoms with Gasteiger partial charge in [-0.2, -0.15) is 0 Å². The smallest absolute Gasteiger partial charge is 0.254 e. The second-order valence-electron chi connectivity index (χ2n) is 6.32. The van der Waals surface area contributed by atoms with Crippen LogP contribution < -0.4 is 0 Å². The number of nitrogens with zero attached hydrogens (tertiary/aromatic N) is 1. The van der Waals surface area contributed by atoms with E-state index in [2.05, 4.69) is 48.5 Å². The van der Waals surface area contributed by atoms with Gasteiger partial charge in [0.25, 0.3) is 6.20 Å². The van der Waals surface area contributed by atoms with Gasteiger partial charge in [-0.3, -0.25) is 10.1 Å². The summed E-state index contributed by atoms with van der Waals surface area (Å²) in [6, 6.07) is 20.9. The molecule has 0 atom stereocenters. The zero-order chi connectivity index (χ0) is 19.2. The molecule has 2 aromatic carbocycles. The van der Waals surface area contributed by atoms with Gasteiger partial charge in [-0.1, -0.05) is 60.7 Å². The predicted octanol–water partition coefficient (Wildman–Crippen LogP) is 6.57. The van der Waals surface area contributed by atoms with Gasteiger partial charge in [0, 0.05) is 0 Å². The molecule has 0 N–H and O–H groups in total. The zero-order valence-electron chi connectivity index (χ0n) is 15.6. The molecule has 3 nitrogen and oxygen atoms in total. The Labute approximate surface area is 170 Å². The van der Waals surface area contributed by atoms with Gasteiger partial charge in [0.05, 0.1) is 4.92 Å². The average molecular weight is 402 g/mol. The van der Waals surface area contributed by atoms with Gasteiger partial charge in [0.1, 0.15) is 4.24 Å². The van der Waals surface area contributed by atoms with Crippen LogP contribution in [0.25, 0.3) is 0 Å². The Morgan fingerprint density at radius 1 is 0.778 bits per heavy atom. The SMILES string of the molecule is O=[N+]([O-])C=C(SCCCCc1ccccc1)SCCCCc1ccccc1. The second-order valence-corrected chi connectivity index (χ2v) is 8.85. The van der Waals surface area contributed by atoms with Crippen molar-refractivity contribution >= 4 is 23.5 Å². The molecule has 2 rings (SSSR count). The first kappa shape index (κ1) is 21.6. The summed E-state index contributed by atoms with van der Waals surface area (Å²) in [4.78, 5) is 10.5. The summed E-state index contributed by atoms with van der Waals surface area (Å²) in [5, 5.41) is 10.9. The van der Waals surface area contributed by atoms with Gasteiger partial charge in [-0.25, -0.2) is 0 Å². The predicted molar refractivity (Wildman–Crippen MR) is 119 cm³/mol. The number of hydrogen-bond acceptors (Lipinski definition) is 4. The molecule has 2 aromatic rings. The molecule has 0 spiro atoms. The van der Waals surface area contributed by atoms with Crippen molar-refractivity contribution in [1.29, 1.82) is 0 Å². The van der Waals surface area contributed by atoms with Gasteiger partial charge in [-0.05, 0) is 61.2 Å². The maximum absolute atomic E-state index is 10.9. The molecule has 144 valence electrons. The highest BCUT2D eigenvalue weighted by Crippen LogP contribution is 2.30. The summed E-state index contributed by atoms with van der Waals surface area (Å²) in [7, 11) is 0. The summed E-state index contributed by atoms with van der Waals surface area (Å²) in [6.07, 6.45) is 7.69. The van der Waals surface area contributed by atoms with Crippen LogP contribution in [0, 0.1) is 10.1 Å². The number of aryl methyl sites for hydroxylation is 2. The molecule has 0 unspecified atom stereocenters. The van der Waals surface area contributed by atoms with Crippen molar-refractivity contribution in [2.45, 2.75) is 38.5 Å². The van der Waals surface area contributed by atoms with Gasteiger partial charge in [0.15, 0.2) is 0 Å². The van der Waals surface area contributed by atoms with E-state index in [1.54, 1.807) is 23.5 Å². The minimum absolute atomic E-state index is 0.330. The van der Waals surface area contributed by atoms with Crippen LogP contribution in [0.2, 0.25) is 0 Å². The number of hydrogen-bond donors (Lipinski definition) is 0. The van der Waals surface area contributed by atoms with Crippen LogP contribution in [-0.2, 0) is 12.8 Å². The summed E-state index contributed by atoms with van der Waals surface area (Å²) >= 11 is 3.24. The van der Waals surface area contributed by atoms with Crippen molar-refractivity contribution < 1.29 is 4.92 Å². The maximum atomic E-state index is 10.9. The van der Waals surface area contributed by atoms with E-state index in [0.717, 1.165) is 54.3 Å². The van der Waals surface area contributed by atoms with E-state index >= 15 is 0 Å². The lowest BCUT2D eigenvalue weighted by atomic mass is 10.1. The summed E-state index contributed by atoms with van der Waals surface area (Å²) in [5.74, 6) is 1.87. The maximum Gasteiger partial charge on any atom is 0.254 e. The van der Waals surface area contributed by atoms with E-state index in [-0.39, 0.29) is 4.92 Å². The van der Waals surface area contributed by atoms with Crippen molar-refractivity contribution in [1.82, 2.24) is 0 Å². The normalized spacial score (nSPS) is 10.5. The van der Waals surface area contributed by atoms with Crippen molar-refractivity contribution in [3.63, 3.8) is 0 Å². The standard InChI is InChI=1S/C22H27NO2S2/c24-23(25)19-22(26-17-9-7-15-20-11-3-1-4-12-20)27-18-10-8-16-21-13-5-2-6-14-21/h1-6,11-14,19H,7-10,15-18H2. The fourth-order valence-electron chi connectivity index (χ4n) is 2.70. The summed E-state index contributed by atoms with van der Waals surface area (Å²) < 4.78 is 0.833. The van der Waals surface area contributed by atoms with E-state index in [9.17, 15) is 10.1 Å². The second kappa shape index (κ2) is 13.4. The molecule has 0 amide bonds. The Morgan fingerprint density at radius 2 is 1.22 bits per heavy atom. The first-order chi connectivity index (χ1) is 13.2. The van der Waals surface area contributed by atoms with Crippen LogP contribution in [0.1, 0.15) is 36.8 Å². The van der Waals surface area contributed by atoms with Crippen molar-refractivity contribution in [2.75, 3.05) is 11.5 Å². The Morgan fingerprint density at radius 3 is 1.63 bits per heavy atom. The fourth-order valence-corrected chi connectivity index (χ4v) is 4.95. The number of nitro groups is 1. The molecule has 0 aliphatic carbocycles. The lowest BCUT2D eigenvalue weighted by molar-refractivity contribution is -0.402. The van der Waals surface area contributed by atoms with Crippen LogP contribution >= 0.6 is 23.5 Å². The number of benzene rings is 2. The van der Waals surface area contributed by atoms with Crippen LogP contribution in [0.15, 0.2) is 71.1 Å². The Bertz CT molecular complexity index is 638. The quantitative estimate of drug-likeness (QED) is 0.216. The van der Waals surface area contributed by atoms with Gasteiger partial charge in [0.2, 0.25) is 0 Å². The molecular formula is C22H27NO2S2. The van der Waals surface area contributed by atoms with Crippen LogP contribution in [-0.4, -0.2) is 16.4 Å². The Kier molecular flexibility index (Phi) is 10.7. The Hall–Kier alpha value is -1.72. The van der Waals surface area contributed by atoms with Gasteiger partial charge >= 0.3 is 0 Å². The first-order valence-electron chi connectivity index (χ1n) is 9.43. The largest absolute Gasteiger partial charge is 0.259 e. The molecule has 0 aliphatic rings. The van der Waals surface area contributed by atoms with E-state index in [1.165, 1.54) is 17.3 Å².